The highest BCUT2D eigenvalue weighted by molar-refractivity contribution is 7.99. The quantitative estimate of drug-likeness (QED) is 0.771. The second-order valence-electron chi connectivity index (χ2n) is 3.85. The maximum Gasteiger partial charge on any atom is 0.123 e. The highest BCUT2D eigenvalue weighted by Crippen LogP contribution is 2.41. The highest BCUT2D eigenvalue weighted by atomic mass is 32.2. The van der Waals surface area contributed by atoms with E-state index in [1.165, 1.54) is 12.1 Å². The molecule has 2 rings (SSSR count). The van der Waals surface area contributed by atoms with E-state index in [2.05, 4.69) is 0 Å². The van der Waals surface area contributed by atoms with Crippen LogP contribution >= 0.6 is 11.8 Å². The van der Waals surface area contributed by atoms with E-state index in [1.807, 2.05) is 6.92 Å². The van der Waals surface area contributed by atoms with Crippen LogP contribution in [0.4, 0.5) is 4.39 Å². The zero-order valence-corrected chi connectivity index (χ0v) is 8.85. The minimum Gasteiger partial charge on any atom is -0.384 e. The largest absolute Gasteiger partial charge is 0.384 e. The third-order valence-corrected chi connectivity index (χ3v) is 4.21. The number of aliphatic hydroxyl groups is 1. The molecule has 1 aromatic rings. The monoisotopic (exact) mass is 212 g/mol. The van der Waals surface area contributed by atoms with E-state index in [0.29, 0.717) is 11.3 Å². The summed E-state index contributed by atoms with van der Waals surface area (Å²) in [5, 5.41) is 10.4. The molecule has 2 atom stereocenters. The summed E-state index contributed by atoms with van der Waals surface area (Å²) in [5.41, 5.74) is -0.137. The van der Waals surface area contributed by atoms with Gasteiger partial charge in [-0.3, -0.25) is 0 Å². The second kappa shape index (κ2) is 3.55. The average molecular weight is 212 g/mol. The summed E-state index contributed by atoms with van der Waals surface area (Å²) in [6, 6.07) is 6.28. The van der Waals surface area contributed by atoms with Gasteiger partial charge in [0, 0.05) is 5.75 Å². The molecular formula is C11H13FOS. The molecule has 0 spiro atoms. The molecule has 1 N–H and O–H groups in total. The van der Waals surface area contributed by atoms with Gasteiger partial charge in [-0.2, -0.15) is 11.8 Å². The van der Waals surface area contributed by atoms with Crippen LogP contribution in [-0.2, 0) is 5.60 Å². The van der Waals surface area contributed by atoms with Gasteiger partial charge in [-0.1, -0.05) is 19.1 Å². The molecule has 1 aliphatic heterocycles. The van der Waals surface area contributed by atoms with Crippen LogP contribution < -0.4 is 0 Å². The molecule has 1 heterocycles. The van der Waals surface area contributed by atoms with Gasteiger partial charge in [-0.05, 0) is 29.4 Å². The Labute approximate surface area is 87.3 Å². The Balaban J connectivity index is 2.38. The van der Waals surface area contributed by atoms with Crippen LogP contribution in [0.25, 0.3) is 0 Å². The van der Waals surface area contributed by atoms with Crippen LogP contribution in [0.1, 0.15) is 12.5 Å². The summed E-state index contributed by atoms with van der Waals surface area (Å²) in [7, 11) is 0. The van der Waals surface area contributed by atoms with E-state index in [0.717, 1.165) is 5.75 Å². The third-order valence-electron chi connectivity index (χ3n) is 2.83. The fourth-order valence-electron chi connectivity index (χ4n) is 1.80. The molecule has 1 fully saturated rings. The summed E-state index contributed by atoms with van der Waals surface area (Å²) in [4.78, 5) is 0. The molecule has 0 unspecified atom stereocenters. The van der Waals surface area contributed by atoms with Crippen molar-refractivity contribution in [3.05, 3.63) is 35.6 Å². The number of benzene rings is 1. The van der Waals surface area contributed by atoms with Gasteiger partial charge >= 0.3 is 0 Å². The van der Waals surface area contributed by atoms with E-state index < -0.39 is 5.60 Å². The number of hydrogen-bond acceptors (Lipinski definition) is 2. The molecule has 0 saturated carbocycles. The van der Waals surface area contributed by atoms with Crippen LogP contribution in [-0.4, -0.2) is 16.6 Å². The summed E-state index contributed by atoms with van der Waals surface area (Å²) in [6.45, 7) is 2.00. The van der Waals surface area contributed by atoms with Gasteiger partial charge < -0.3 is 5.11 Å². The average Bonchev–Trinajstić information content (AvgIpc) is 2.49. The molecule has 1 aromatic carbocycles. The van der Waals surface area contributed by atoms with Crippen molar-refractivity contribution in [2.75, 3.05) is 11.5 Å². The molecule has 1 aliphatic rings. The summed E-state index contributed by atoms with van der Waals surface area (Å²) < 4.78 is 13.0. The van der Waals surface area contributed by atoms with Gasteiger partial charge in [-0.15, -0.1) is 0 Å². The molecule has 0 bridgehead atoms. The van der Waals surface area contributed by atoms with Gasteiger partial charge in [0.1, 0.15) is 11.4 Å². The van der Waals surface area contributed by atoms with Crippen molar-refractivity contribution in [2.45, 2.75) is 12.5 Å². The number of thioether (sulfide) groups is 1. The van der Waals surface area contributed by atoms with Crippen molar-refractivity contribution in [3.8, 4) is 0 Å². The second-order valence-corrected chi connectivity index (χ2v) is 4.88. The lowest BCUT2D eigenvalue weighted by atomic mass is 9.85. The van der Waals surface area contributed by atoms with E-state index in [4.69, 9.17) is 0 Å². The zero-order valence-electron chi connectivity index (χ0n) is 8.03. The van der Waals surface area contributed by atoms with Crippen molar-refractivity contribution in [1.82, 2.24) is 0 Å². The van der Waals surface area contributed by atoms with Gasteiger partial charge in [-0.25, -0.2) is 4.39 Å². The lowest BCUT2D eigenvalue weighted by Crippen LogP contribution is -2.32. The van der Waals surface area contributed by atoms with E-state index in [-0.39, 0.29) is 11.7 Å². The lowest BCUT2D eigenvalue weighted by molar-refractivity contribution is 0.0232. The highest BCUT2D eigenvalue weighted by Gasteiger charge is 2.40. The number of halogens is 1. The van der Waals surface area contributed by atoms with Crippen LogP contribution in [0, 0.1) is 11.7 Å². The van der Waals surface area contributed by atoms with E-state index in [9.17, 15) is 9.50 Å². The first-order valence-electron chi connectivity index (χ1n) is 4.69. The molecule has 3 heteroatoms. The maximum absolute atomic E-state index is 13.0. The fourth-order valence-corrected chi connectivity index (χ4v) is 3.31. The first-order chi connectivity index (χ1) is 6.63. The maximum atomic E-state index is 13.0. The molecule has 14 heavy (non-hydrogen) atoms. The number of hydrogen-bond donors (Lipinski definition) is 1. The Bertz CT molecular complexity index is 342. The van der Waals surface area contributed by atoms with Crippen molar-refractivity contribution >= 4 is 11.8 Å². The van der Waals surface area contributed by atoms with Crippen molar-refractivity contribution < 1.29 is 9.50 Å². The fraction of sp³-hybridized carbons (Fsp3) is 0.455. The van der Waals surface area contributed by atoms with E-state index in [1.54, 1.807) is 23.9 Å². The Morgan fingerprint density at radius 2 is 2.36 bits per heavy atom. The SMILES string of the molecule is C[C@@H]1CSC[C@@]1(O)c1cccc(F)c1. The Hall–Kier alpha value is -0.540. The van der Waals surface area contributed by atoms with Gasteiger partial charge in [0.25, 0.3) is 0 Å². The van der Waals surface area contributed by atoms with Crippen molar-refractivity contribution in [2.24, 2.45) is 5.92 Å². The summed E-state index contributed by atoms with van der Waals surface area (Å²) >= 11 is 1.72. The lowest BCUT2D eigenvalue weighted by Gasteiger charge is -2.27. The minimum absolute atomic E-state index is 0.189. The van der Waals surface area contributed by atoms with Crippen LogP contribution in [0.5, 0.6) is 0 Å². The molecule has 1 saturated heterocycles. The van der Waals surface area contributed by atoms with Gasteiger partial charge in [0.2, 0.25) is 0 Å². The predicted octanol–water partition coefficient (Wildman–Crippen LogP) is 2.40. The standard InChI is InChI=1S/C11H13FOS/c1-8-6-14-7-11(8,13)9-3-2-4-10(12)5-9/h2-5,8,13H,6-7H2,1H3/t8-,11+/m1/s1. The first kappa shape index (κ1) is 9.99. The molecule has 0 amide bonds. The van der Waals surface area contributed by atoms with Gasteiger partial charge in [0.15, 0.2) is 0 Å². The molecular weight excluding hydrogens is 199 g/mol. The molecule has 0 radical (unpaired) electrons. The molecule has 0 aliphatic carbocycles. The summed E-state index contributed by atoms with van der Waals surface area (Å²) in [6.07, 6.45) is 0. The third kappa shape index (κ3) is 1.55. The smallest absolute Gasteiger partial charge is 0.123 e. The first-order valence-corrected chi connectivity index (χ1v) is 5.84. The minimum atomic E-state index is -0.841. The Morgan fingerprint density at radius 3 is 2.93 bits per heavy atom. The van der Waals surface area contributed by atoms with Crippen LogP contribution in [0.2, 0.25) is 0 Å². The molecule has 1 nitrogen and oxygen atoms in total. The van der Waals surface area contributed by atoms with Gasteiger partial charge in [0.05, 0.1) is 0 Å². The normalized spacial score (nSPS) is 32.1. The topological polar surface area (TPSA) is 20.2 Å². The molecule has 0 aromatic heterocycles. The van der Waals surface area contributed by atoms with Crippen LogP contribution in [0.15, 0.2) is 24.3 Å². The summed E-state index contributed by atoms with van der Waals surface area (Å²) in [5.74, 6) is 1.51. The van der Waals surface area contributed by atoms with Crippen LogP contribution in [0.3, 0.4) is 0 Å². The van der Waals surface area contributed by atoms with E-state index >= 15 is 0 Å². The van der Waals surface area contributed by atoms with Crippen molar-refractivity contribution in [3.63, 3.8) is 0 Å². The predicted molar refractivity (Wildman–Crippen MR) is 56.8 cm³/mol. The Kier molecular flexibility index (Phi) is 2.54. The Morgan fingerprint density at radius 1 is 1.57 bits per heavy atom. The zero-order chi connectivity index (χ0) is 10.2. The molecule has 76 valence electrons. The van der Waals surface area contributed by atoms with Crippen molar-refractivity contribution in [1.29, 1.82) is 0 Å². The number of rotatable bonds is 1.